The Morgan fingerprint density at radius 2 is 1.97 bits per heavy atom. The first-order valence-corrected chi connectivity index (χ1v) is 10.6. The zero-order valence-electron chi connectivity index (χ0n) is 17.6. The van der Waals surface area contributed by atoms with E-state index in [1.807, 2.05) is 13.8 Å². The van der Waals surface area contributed by atoms with E-state index in [9.17, 15) is 14.0 Å². The van der Waals surface area contributed by atoms with Crippen molar-refractivity contribution in [1.29, 1.82) is 0 Å². The molecule has 0 aliphatic heterocycles. The minimum absolute atomic E-state index is 0.0350. The fraction of sp³-hybridized carbons (Fsp3) is 0.182. The molecule has 0 spiro atoms. The molecule has 4 rings (SSSR count). The largest absolute Gasteiger partial charge is 0.485 e. The number of hydrogen-bond acceptors (Lipinski definition) is 5. The number of carbonyl (C=O) groups excluding carboxylic acids is 1. The van der Waals surface area contributed by atoms with E-state index in [2.05, 4.69) is 15.3 Å². The highest BCUT2D eigenvalue weighted by Crippen LogP contribution is 2.29. The van der Waals surface area contributed by atoms with E-state index >= 15 is 0 Å². The lowest BCUT2D eigenvalue weighted by molar-refractivity contribution is 0.102. The van der Waals surface area contributed by atoms with Gasteiger partial charge >= 0.3 is 0 Å². The summed E-state index contributed by atoms with van der Waals surface area (Å²) in [6.07, 6.45) is 1.55. The fourth-order valence-electron chi connectivity index (χ4n) is 3.12. The van der Waals surface area contributed by atoms with Crippen molar-refractivity contribution in [2.45, 2.75) is 26.5 Å². The second kappa shape index (κ2) is 9.21. The number of amides is 1. The predicted molar refractivity (Wildman–Crippen MR) is 123 cm³/mol. The smallest absolute Gasteiger partial charge is 0.274 e. The van der Waals surface area contributed by atoms with Crippen LogP contribution in [-0.2, 0) is 6.61 Å². The molecule has 1 N–H and O–H groups in total. The second-order valence-electron chi connectivity index (χ2n) is 7.43. The molecule has 2 heterocycles. The molecular weight excluding hydrogens is 472 g/mol. The zero-order chi connectivity index (χ0) is 23.7. The van der Waals surface area contributed by atoms with Crippen molar-refractivity contribution in [3.05, 3.63) is 86.3 Å². The molecule has 0 aliphatic carbocycles. The number of anilines is 1. The van der Waals surface area contributed by atoms with Crippen molar-refractivity contribution >= 4 is 40.6 Å². The predicted octanol–water partition coefficient (Wildman–Crippen LogP) is 4.75. The maximum atomic E-state index is 13.4. The first kappa shape index (κ1) is 22.8. The summed E-state index contributed by atoms with van der Waals surface area (Å²) in [6, 6.07) is 9.72. The van der Waals surface area contributed by atoms with E-state index in [4.69, 9.17) is 27.9 Å². The maximum Gasteiger partial charge on any atom is 0.274 e. The SMILES string of the molecule is CC(C)n1cnc2nc(COc3ccc(Cl)cc3NC(=O)c3ccc(F)c(Cl)c3)cc(=O)n21. The lowest BCUT2D eigenvalue weighted by Gasteiger charge is -2.13. The summed E-state index contributed by atoms with van der Waals surface area (Å²) in [7, 11) is 0. The number of halogens is 3. The number of nitrogens with zero attached hydrogens (tertiary/aromatic N) is 4. The van der Waals surface area contributed by atoms with Crippen LogP contribution in [0.5, 0.6) is 5.75 Å². The molecule has 0 bridgehead atoms. The summed E-state index contributed by atoms with van der Waals surface area (Å²) in [5, 5.41) is 2.87. The summed E-state index contributed by atoms with van der Waals surface area (Å²) in [4.78, 5) is 33.7. The topological polar surface area (TPSA) is 90.5 Å². The molecule has 0 saturated heterocycles. The van der Waals surface area contributed by atoms with Crippen LogP contribution in [0.15, 0.2) is 53.6 Å². The van der Waals surface area contributed by atoms with Crippen LogP contribution in [0.3, 0.4) is 0 Å². The van der Waals surface area contributed by atoms with Gasteiger partial charge in [-0.05, 0) is 50.2 Å². The van der Waals surface area contributed by atoms with E-state index in [-0.39, 0.29) is 40.3 Å². The van der Waals surface area contributed by atoms with Gasteiger partial charge in [-0.15, -0.1) is 0 Å². The second-order valence-corrected chi connectivity index (χ2v) is 8.27. The van der Waals surface area contributed by atoms with Crippen LogP contribution in [0.25, 0.3) is 5.78 Å². The van der Waals surface area contributed by atoms with Crippen molar-refractivity contribution < 1.29 is 13.9 Å². The lowest BCUT2D eigenvalue weighted by atomic mass is 10.2. The zero-order valence-corrected chi connectivity index (χ0v) is 19.1. The maximum absolute atomic E-state index is 13.4. The molecule has 2 aromatic carbocycles. The molecule has 8 nitrogen and oxygen atoms in total. The number of fused-ring (bicyclic) bond motifs is 1. The Morgan fingerprint density at radius 3 is 2.70 bits per heavy atom. The number of rotatable bonds is 6. The number of ether oxygens (including phenoxy) is 1. The van der Waals surface area contributed by atoms with Crippen LogP contribution in [0, 0.1) is 5.82 Å². The average Bonchev–Trinajstić information content (AvgIpc) is 3.20. The highest BCUT2D eigenvalue weighted by Gasteiger charge is 2.14. The fourth-order valence-corrected chi connectivity index (χ4v) is 3.47. The molecule has 0 aliphatic rings. The Bertz CT molecular complexity index is 1420. The monoisotopic (exact) mass is 489 g/mol. The highest BCUT2D eigenvalue weighted by atomic mass is 35.5. The summed E-state index contributed by atoms with van der Waals surface area (Å²) < 4.78 is 22.3. The van der Waals surface area contributed by atoms with Crippen molar-refractivity contribution in [2.75, 3.05) is 5.32 Å². The normalized spacial score (nSPS) is 11.2. The Hall–Kier alpha value is -3.43. The van der Waals surface area contributed by atoms with E-state index in [0.717, 1.165) is 6.07 Å². The summed E-state index contributed by atoms with van der Waals surface area (Å²) in [5.74, 6) is -0.595. The highest BCUT2D eigenvalue weighted by molar-refractivity contribution is 6.31. The van der Waals surface area contributed by atoms with Crippen LogP contribution in [-0.4, -0.2) is 25.1 Å². The third-order valence-electron chi connectivity index (χ3n) is 4.73. The number of benzene rings is 2. The average molecular weight is 490 g/mol. The van der Waals surface area contributed by atoms with Crippen LogP contribution in [0.2, 0.25) is 10.0 Å². The summed E-state index contributed by atoms with van der Waals surface area (Å²) in [5.41, 5.74) is 0.525. The lowest BCUT2D eigenvalue weighted by Crippen LogP contribution is -2.23. The third-order valence-corrected chi connectivity index (χ3v) is 5.26. The molecular formula is C22H18Cl2FN5O3. The van der Waals surface area contributed by atoms with Gasteiger partial charge in [0.2, 0.25) is 0 Å². The number of aromatic nitrogens is 4. The van der Waals surface area contributed by atoms with Gasteiger partial charge in [0.1, 0.15) is 24.5 Å². The van der Waals surface area contributed by atoms with Crippen molar-refractivity contribution in [2.24, 2.45) is 0 Å². The molecule has 0 unspecified atom stereocenters. The van der Waals surface area contributed by atoms with E-state index in [1.165, 1.54) is 28.8 Å². The van der Waals surface area contributed by atoms with Crippen LogP contribution in [0.4, 0.5) is 10.1 Å². The minimum atomic E-state index is -0.626. The van der Waals surface area contributed by atoms with Gasteiger partial charge in [-0.1, -0.05) is 23.2 Å². The van der Waals surface area contributed by atoms with E-state index in [1.54, 1.807) is 23.1 Å². The summed E-state index contributed by atoms with van der Waals surface area (Å²) in [6.45, 7) is 3.81. The quantitative estimate of drug-likeness (QED) is 0.422. The van der Waals surface area contributed by atoms with Gasteiger partial charge in [-0.2, -0.15) is 9.50 Å². The number of nitrogens with one attached hydrogen (secondary N) is 1. The minimum Gasteiger partial charge on any atom is -0.485 e. The van der Waals surface area contributed by atoms with Gasteiger partial charge in [0.15, 0.2) is 0 Å². The molecule has 0 atom stereocenters. The molecule has 0 fully saturated rings. The van der Waals surface area contributed by atoms with E-state index < -0.39 is 11.7 Å². The van der Waals surface area contributed by atoms with Crippen molar-refractivity contribution in [3.63, 3.8) is 0 Å². The van der Waals surface area contributed by atoms with Gasteiger partial charge in [0, 0.05) is 22.7 Å². The van der Waals surface area contributed by atoms with Gasteiger partial charge in [-0.3, -0.25) is 14.3 Å². The Balaban J connectivity index is 1.56. The Labute approximate surface area is 197 Å². The van der Waals surface area contributed by atoms with Gasteiger partial charge in [0.25, 0.3) is 17.2 Å². The standard InChI is InChI=1S/C22H18Cl2FN5O3/c1-12(2)29-11-26-22-27-15(9-20(31)30(22)29)10-33-19-6-4-14(23)8-18(19)28-21(32)13-3-5-17(25)16(24)7-13/h3-9,11-12H,10H2,1-2H3,(H,28,32). The first-order chi connectivity index (χ1) is 15.7. The molecule has 11 heteroatoms. The summed E-state index contributed by atoms with van der Waals surface area (Å²) >= 11 is 11.8. The van der Waals surface area contributed by atoms with Gasteiger partial charge in [-0.25, -0.2) is 9.37 Å². The van der Waals surface area contributed by atoms with Gasteiger partial charge < -0.3 is 10.1 Å². The molecule has 170 valence electrons. The van der Waals surface area contributed by atoms with Gasteiger partial charge in [0.05, 0.1) is 16.4 Å². The van der Waals surface area contributed by atoms with Crippen LogP contribution in [0.1, 0.15) is 35.9 Å². The Morgan fingerprint density at radius 1 is 1.18 bits per heavy atom. The molecule has 33 heavy (non-hydrogen) atoms. The first-order valence-electron chi connectivity index (χ1n) is 9.87. The van der Waals surface area contributed by atoms with E-state index in [0.29, 0.717) is 16.5 Å². The van der Waals surface area contributed by atoms with Crippen LogP contribution >= 0.6 is 23.2 Å². The number of hydrogen-bond donors (Lipinski definition) is 1. The molecule has 0 radical (unpaired) electrons. The van der Waals surface area contributed by atoms with Crippen LogP contribution < -0.4 is 15.6 Å². The Kier molecular flexibility index (Phi) is 6.35. The van der Waals surface area contributed by atoms with Crippen molar-refractivity contribution in [3.8, 4) is 5.75 Å². The molecule has 0 saturated carbocycles. The molecule has 1 amide bonds. The molecule has 2 aromatic heterocycles. The molecule has 4 aromatic rings. The number of carbonyl (C=O) groups is 1. The third kappa shape index (κ3) is 4.84. The van der Waals surface area contributed by atoms with Crippen molar-refractivity contribution in [1.82, 2.24) is 19.2 Å².